The molecule has 0 aliphatic heterocycles. The van der Waals surface area contributed by atoms with Crippen LogP contribution in [0.25, 0.3) is 0 Å². The normalized spacial score (nSPS) is 12.3. The Morgan fingerprint density at radius 3 is 2.28 bits per heavy atom. The number of esters is 1. The van der Waals surface area contributed by atoms with Crippen molar-refractivity contribution in [1.82, 2.24) is 0 Å². The SMILES string of the molecule is CCCCCCCC(OC(=O)C=C(C)C)C(O)O. The van der Waals surface area contributed by atoms with Crippen molar-refractivity contribution in [3.05, 3.63) is 11.6 Å². The molecule has 106 valence electrons. The summed E-state index contributed by atoms with van der Waals surface area (Å²) in [6.07, 6.45) is 4.76. The molecule has 0 heterocycles. The molecule has 0 aromatic carbocycles. The number of hydrogen-bond acceptors (Lipinski definition) is 4. The molecule has 1 unspecified atom stereocenters. The van der Waals surface area contributed by atoms with Crippen LogP contribution in [0.2, 0.25) is 0 Å². The Kier molecular flexibility index (Phi) is 9.60. The highest BCUT2D eigenvalue weighted by atomic mass is 16.6. The molecule has 0 fully saturated rings. The van der Waals surface area contributed by atoms with E-state index in [9.17, 15) is 4.79 Å². The van der Waals surface area contributed by atoms with Crippen LogP contribution in [0.4, 0.5) is 0 Å². The third-order valence-electron chi connectivity index (χ3n) is 2.60. The fourth-order valence-corrected chi connectivity index (χ4v) is 1.64. The van der Waals surface area contributed by atoms with Crippen LogP contribution in [0.3, 0.4) is 0 Å². The predicted octanol–water partition coefficient (Wildman–Crippen LogP) is 2.54. The lowest BCUT2D eigenvalue weighted by Gasteiger charge is -2.18. The second-order valence-corrected chi connectivity index (χ2v) is 4.81. The third-order valence-corrected chi connectivity index (χ3v) is 2.60. The van der Waals surface area contributed by atoms with Crippen molar-refractivity contribution in [2.75, 3.05) is 0 Å². The lowest BCUT2D eigenvalue weighted by Crippen LogP contribution is -2.30. The molecule has 18 heavy (non-hydrogen) atoms. The van der Waals surface area contributed by atoms with E-state index in [1.54, 1.807) is 13.8 Å². The smallest absolute Gasteiger partial charge is 0.331 e. The van der Waals surface area contributed by atoms with Crippen LogP contribution < -0.4 is 0 Å². The number of carbonyl (C=O) groups is 1. The maximum absolute atomic E-state index is 11.4. The first kappa shape index (κ1) is 17.1. The van der Waals surface area contributed by atoms with Crippen LogP contribution in [-0.4, -0.2) is 28.6 Å². The zero-order valence-electron chi connectivity index (χ0n) is 11.7. The topological polar surface area (TPSA) is 66.8 Å². The maximum Gasteiger partial charge on any atom is 0.331 e. The second kappa shape index (κ2) is 10.1. The van der Waals surface area contributed by atoms with Gasteiger partial charge in [-0.15, -0.1) is 0 Å². The van der Waals surface area contributed by atoms with Gasteiger partial charge in [0.05, 0.1) is 0 Å². The Labute approximate surface area is 110 Å². The number of allylic oxidation sites excluding steroid dienone is 1. The highest BCUT2D eigenvalue weighted by Gasteiger charge is 2.19. The molecular formula is C14H26O4. The van der Waals surface area contributed by atoms with Crippen molar-refractivity contribution >= 4 is 5.97 Å². The van der Waals surface area contributed by atoms with E-state index < -0.39 is 18.4 Å². The highest BCUT2D eigenvalue weighted by molar-refractivity contribution is 5.82. The number of rotatable bonds is 9. The molecule has 4 heteroatoms. The van der Waals surface area contributed by atoms with E-state index in [4.69, 9.17) is 14.9 Å². The molecule has 0 saturated heterocycles. The maximum atomic E-state index is 11.4. The third kappa shape index (κ3) is 9.19. The summed E-state index contributed by atoms with van der Waals surface area (Å²) in [5, 5.41) is 18.3. The zero-order chi connectivity index (χ0) is 14.0. The fraction of sp³-hybridized carbons (Fsp3) is 0.786. The number of unbranched alkanes of at least 4 members (excludes halogenated alkanes) is 4. The summed E-state index contributed by atoms with van der Waals surface area (Å²) in [5.74, 6) is -0.512. The van der Waals surface area contributed by atoms with Crippen LogP contribution >= 0.6 is 0 Å². The summed E-state index contributed by atoms with van der Waals surface area (Å²) in [5.41, 5.74) is 0.828. The van der Waals surface area contributed by atoms with Crippen molar-refractivity contribution in [2.45, 2.75) is 71.7 Å². The molecule has 0 bridgehead atoms. The molecule has 0 radical (unpaired) electrons. The standard InChI is InChI=1S/C14H26O4/c1-4-5-6-7-8-9-12(14(16)17)18-13(15)10-11(2)3/h10,12,14,16-17H,4-9H2,1-3H3. The molecule has 0 aromatic heterocycles. The van der Waals surface area contributed by atoms with Gasteiger partial charge in [-0.1, -0.05) is 38.2 Å². The van der Waals surface area contributed by atoms with Gasteiger partial charge in [-0.2, -0.15) is 0 Å². The molecule has 0 aliphatic carbocycles. The molecule has 0 spiro atoms. The van der Waals surface area contributed by atoms with Gasteiger partial charge in [0.25, 0.3) is 0 Å². The van der Waals surface area contributed by atoms with E-state index in [-0.39, 0.29) is 0 Å². The molecule has 4 nitrogen and oxygen atoms in total. The largest absolute Gasteiger partial charge is 0.454 e. The van der Waals surface area contributed by atoms with Crippen molar-refractivity contribution < 1.29 is 19.7 Å². The van der Waals surface area contributed by atoms with E-state index in [2.05, 4.69) is 6.92 Å². The van der Waals surface area contributed by atoms with Crippen LogP contribution in [-0.2, 0) is 9.53 Å². The molecule has 2 N–H and O–H groups in total. The average molecular weight is 258 g/mol. The first-order chi connectivity index (χ1) is 8.47. The van der Waals surface area contributed by atoms with Crippen LogP contribution in [0.1, 0.15) is 59.3 Å². The van der Waals surface area contributed by atoms with Gasteiger partial charge in [0.15, 0.2) is 12.4 Å². The number of carbonyl (C=O) groups excluding carboxylic acids is 1. The first-order valence-electron chi connectivity index (χ1n) is 6.69. The zero-order valence-corrected chi connectivity index (χ0v) is 11.7. The van der Waals surface area contributed by atoms with E-state index in [0.29, 0.717) is 6.42 Å². The number of aliphatic hydroxyl groups excluding tert-OH is 1. The Balaban J connectivity index is 4.00. The Hall–Kier alpha value is -0.870. The molecule has 0 saturated carbocycles. The minimum atomic E-state index is -1.61. The molecule has 0 aliphatic rings. The summed E-state index contributed by atoms with van der Waals surface area (Å²) in [6.45, 7) is 5.72. The number of hydrogen-bond donors (Lipinski definition) is 2. The van der Waals surface area contributed by atoms with Crippen LogP contribution in [0.5, 0.6) is 0 Å². The van der Waals surface area contributed by atoms with E-state index in [1.807, 2.05) is 0 Å². The molecular weight excluding hydrogens is 232 g/mol. The summed E-state index contributed by atoms with van der Waals surface area (Å²) in [7, 11) is 0. The molecule has 0 rings (SSSR count). The highest BCUT2D eigenvalue weighted by Crippen LogP contribution is 2.12. The number of ether oxygens (including phenoxy) is 1. The van der Waals surface area contributed by atoms with Gasteiger partial charge in [-0.3, -0.25) is 0 Å². The van der Waals surface area contributed by atoms with Gasteiger partial charge in [0, 0.05) is 6.08 Å². The molecule has 0 amide bonds. The minimum Gasteiger partial charge on any atom is -0.454 e. The summed E-state index contributed by atoms with van der Waals surface area (Å²) in [4.78, 5) is 11.4. The van der Waals surface area contributed by atoms with Crippen LogP contribution in [0.15, 0.2) is 11.6 Å². The van der Waals surface area contributed by atoms with Gasteiger partial charge in [0.2, 0.25) is 0 Å². The second-order valence-electron chi connectivity index (χ2n) is 4.81. The summed E-state index contributed by atoms with van der Waals surface area (Å²) < 4.78 is 5.01. The van der Waals surface area contributed by atoms with Crippen molar-refractivity contribution in [1.29, 1.82) is 0 Å². The van der Waals surface area contributed by atoms with Gasteiger partial charge in [-0.05, 0) is 26.7 Å². The fourth-order valence-electron chi connectivity index (χ4n) is 1.64. The van der Waals surface area contributed by atoms with Crippen molar-refractivity contribution in [3.8, 4) is 0 Å². The van der Waals surface area contributed by atoms with E-state index in [0.717, 1.165) is 24.8 Å². The predicted molar refractivity (Wildman–Crippen MR) is 70.9 cm³/mol. The lowest BCUT2D eigenvalue weighted by atomic mass is 10.1. The van der Waals surface area contributed by atoms with Gasteiger partial charge in [-0.25, -0.2) is 4.79 Å². The van der Waals surface area contributed by atoms with Gasteiger partial charge in [0.1, 0.15) is 0 Å². The Bertz CT molecular complexity index is 255. The molecule has 1 atom stereocenters. The van der Waals surface area contributed by atoms with Crippen molar-refractivity contribution in [3.63, 3.8) is 0 Å². The Morgan fingerprint density at radius 2 is 1.78 bits per heavy atom. The van der Waals surface area contributed by atoms with Gasteiger partial charge >= 0.3 is 5.97 Å². The quantitative estimate of drug-likeness (QED) is 0.289. The molecule has 0 aromatic rings. The summed E-state index contributed by atoms with van der Waals surface area (Å²) >= 11 is 0. The van der Waals surface area contributed by atoms with Crippen LogP contribution in [0, 0.1) is 0 Å². The Morgan fingerprint density at radius 1 is 1.17 bits per heavy atom. The average Bonchev–Trinajstić information content (AvgIpc) is 2.25. The summed E-state index contributed by atoms with van der Waals surface area (Å²) in [6, 6.07) is 0. The number of aliphatic hydroxyl groups is 2. The monoisotopic (exact) mass is 258 g/mol. The minimum absolute atomic E-state index is 0.490. The van der Waals surface area contributed by atoms with E-state index >= 15 is 0 Å². The lowest BCUT2D eigenvalue weighted by molar-refractivity contribution is -0.171. The van der Waals surface area contributed by atoms with E-state index in [1.165, 1.54) is 18.9 Å². The van der Waals surface area contributed by atoms with Crippen molar-refractivity contribution in [2.24, 2.45) is 0 Å². The first-order valence-corrected chi connectivity index (χ1v) is 6.69. The van der Waals surface area contributed by atoms with Gasteiger partial charge < -0.3 is 14.9 Å².